The summed E-state index contributed by atoms with van der Waals surface area (Å²) in [6.07, 6.45) is 4.85. The van der Waals surface area contributed by atoms with E-state index in [1.807, 2.05) is 0 Å². The van der Waals surface area contributed by atoms with Gasteiger partial charge < -0.3 is 10.8 Å². The lowest BCUT2D eigenvalue weighted by Crippen LogP contribution is -2.40. The molecule has 1 unspecified atom stereocenters. The van der Waals surface area contributed by atoms with Crippen molar-refractivity contribution in [2.24, 2.45) is 17.1 Å². The molecule has 0 heterocycles. The number of hydrogen-bond acceptors (Lipinski definition) is 2. The zero-order valence-electron chi connectivity index (χ0n) is 8.21. The highest BCUT2D eigenvalue weighted by Crippen LogP contribution is 2.41. The molecule has 1 aliphatic carbocycles. The molecule has 12 heavy (non-hydrogen) atoms. The summed E-state index contributed by atoms with van der Waals surface area (Å²) in [7, 11) is 0. The van der Waals surface area contributed by atoms with Crippen LogP contribution in [0.2, 0.25) is 0 Å². The molecule has 1 fully saturated rings. The van der Waals surface area contributed by atoms with E-state index in [9.17, 15) is 5.11 Å². The van der Waals surface area contributed by atoms with Crippen molar-refractivity contribution < 1.29 is 5.11 Å². The summed E-state index contributed by atoms with van der Waals surface area (Å²) in [5.74, 6) is 0.677. The fourth-order valence-electron chi connectivity index (χ4n) is 2.25. The molecule has 0 radical (unpaired) electrons. The molecule has 0 aromatic carbocycles. The van der Waals surface area contributed by atoms with Crippen LogP contribution in [-0.2, 0) is 0 Å². The van der Waals surface area contributed by atoms with Crippen molar-refractivity contribution in [1.29, 1.82) is 0 Å². The summed E-state index contributed by atoms with van der Waals surface area (Å²) in [6, 6.07) is 0. The van der Waals surface area contributed by atoms with Crippen LogP contribution >= 0.6 is 0 Å². The minimum Gasteiger partial charge on any atom is -0.391 e. The highest BCUT2D eigenvalue weighted by Gasteiger charge is 2.36. The van der Waals surface area contributed by atoms with Crippen molar-refractivity contribution in [3.63, 3.8) is 0 Å². The third-order valence-electron chi connectivity index (χ3n) is 3.49. The Morgan fingerprint density at radius 1 is 1.42 bits per heavy atom. The minimum atomic E-state index is -0.333. The molecule has 1 saturated carbocycles. The zero-order valence-corrected chi connectivity index (χ0v) is 8.21. The largest absolute Gasteiger partial charge is 0.391 e. The molecule has 1 aliphatic rings. The molecule has 1 atom stereocenters. The van der Waals surface area contributed by atoms with Gasteiger partial charge in [0, 0.05) is 6.54 Å². The van der Waals surface area contributed by atoms with Crippen molar-refractivity contribution in [1.82, 2.24) is 0 Å². The van der Waals surface area contributed by atoms with Gasteiger partial charge in [-0.3, -0.25) is 0 Å². The summed E-state index contributed by atoms with van der Waals surface area (Å²) in [4.78, 5) is 0. The lowest BCUT2D eigenvalue weighted by atomic mass is 9.73. The molecule has 0 amide bonds. The summed E-state index contributed by atoms with van der Waals surface area (Å²) < 4.78 is 0. The van der Waals surface area contributed by atoms with E-state index < -0.39 is 0 Å². The van der Waals surface area contributed by atoms with Crippen molar-refractivity contribution in [3.8, 4) is 0 Å². The molecule has 3 N–H and O–H groups in total. The van der Waals surface area contributed by atoms with Crippen LogP contribution < -0.4 is 5.73 Å². The van der Waals surface area contributed by atoms with Crippen LogP contribution in [0.3, 0.4) is 0 Å². The van der Waals surface area contributed by atoms with Crippen molar-refractivity contribution >= 4 is 0 Å². The molecule has 0 aromatic heterocycles. The van der Waals surface area contributed by atoms with Crippen LogP contribution in [-0.4, -0.2) is 17.8 Å². The lowest BCUT2D eigenvalue weighted by Gasteiger charge is -2.35. The number of hydrogen-bond donors (Lipinski definition) is 2. The van der Waals surface area contributed by atoms with Crippen LogP contribution in [0.4, 0.5) is 0 Å². The Morgan fingerprint density at radius 2 is 1.92 bits per heavy atom. The fraction of sp³-hybridized carbons (Fsp3) is 1.00. The minimum absolute atomic E-state index is 0.0191. The predicted molar refractivity (Wildman–Crippen MR) is 50.8 cm³/mol. The maximum absolute atomic E-state index is 9.72. The van der Waals surface area contributed by atoms with Gasteiger partial charge in [0.2, 0.25) is 0 Å². The topological polar surface area (TPSA) is 46.2 Å². The Labute approximate surface area is 75.2 Å². The van der Waals surface area contributed by atoms with Crippen LogP contribution in [0, 0.1) is 11.3 Å². The van der Waals surface area contributed by atoms with E-state index in [4.69, 9.17) is 5.73 Å². The van der Waals surface area contributed by atoms with Gasteiger partial charge in [0.05, 0.1) is 6.10 Å². The first-order valence-electron chi connectivity index (χ1n) is 4.97. The quantitative estimate of drug-likeness (QED) is 0.676. The fourth-order valence-corrected chi connectivity index (χ4v) is 2.25. The van der Waals surface area contributed by atoms with Gasteiger partial charge in [-0.15, -0.1) is 0 Å². The Morgan fingerprint density at radius 3 is 2.33 bits per heavy atom. The monoisotopic (exact) mass is 171 g/mol. The lowest BCUT2D eigenvalue weighted by molar-refractivity contribution is 0.0145. The molecule has 0 saturated heterocycles. The van der Waals surface area contributed by atoms with E-state index in [1.165, 1.54) is 25.7 Å². The normalized spacial score (nSPS) is 23.0. The van der Waals surface area contributed by atoms with Gasteiger partial charge in [-0.25, -0.2) is 0 Å². The van der Waals surface area contributed by atoms with Gasteiger partial charge >= 0.3 is 0 Å². The SMILES string of the molecule is CC(C)(C(O)CN)C1CCCC1. The molecule has 72 valence electrons. The molecule has 1 rings (SSSR count). The van der Waals surface area contributed by atoms with Crippen LogP contribution in [0.25, 0.3) is 0 Å². The maximum atomic E-state index is 9.72. The van der Waals surface area contributed by atoms with Gasteiger partial charge in [-0.1, -0.05) is 26.7 Å². The third kappa shape index (κ3) is 1.80. The van der Waals surface area contributed by atoms with Crippen molar-refractivity contribution in [2.75, 3.05) is 6.54 Å². The predicted octanol–water partition coefficient (Wildman–Crippen LogP) is 1.52. The first-order valence-corrected chi connectivity index (χ1v) is 4.97. The maximum Gasteiger partial charge on any atom is 0.0715 e. The molecule has 2 heteroatoms. The highest BCUT2D eigenvalue weighted by molar-refractivity contribution is 4.87. The van der Waals surface area contributed by atoms with Gasteiger partial charge in [0.15, 0.2) is 0 Å². The second kappa shape index (κ2) is 3.75. The van der Waals surface area contributed by atoms with Gasteiger partial charge in [0.1, 0.15) is 0 Å². The Kier molecular flexibility index (Phi) is 3.13. The summed E-state index contributed by atoms with van der Waals surface area (Å²) in [6.45, 7) is 4.67. The Balaban J connectivity index is 2.56. The number of aliphatic hydroxyl groups is 1. The molecular formula is C10H21NO. The van der Waals surface area contributed by atoms with E-state index in [0.717, 1.165) is 0 Å². The standard InChI is InChI=1S/C10H21NO/c1-10(2,9(12)7-11)8-5-3-4-6-8/h8-9,12H,3-7,11H2,1-2H3. The second-order valence-electron chi connectivity index (χ2n) is 4.55. The van der Waals surface area contributed by atoms with Crippen LogP contribution in [0.1, 0.15) is 39.5 Å². The highest BCUT2D eigenvalue weighted by atomic mass is 16.3. The Hall–Kier alpha value is -0.0800. The first-order chi connectivity index (χ1) is 5.59. The molecule has 0 bridgehead atoms. The average molecular weight is 171 g/mol. The molecular weight excluding hydrogens is 150 g/mol. The van der Waals surface area contributed by atoms with E-state index in [0.29, 0.717) is 12.5 Å². The van der Waals surface area contributed by atoms with Gasteiger partial charge in [-0.05, 0) is 24.2 Å². The number of rotatable bonds is 3. The molecule has 0 aliphatic heterocycles. The van der Waals surface area contributed by atoms with E-state index >= 15 is 0 Å². The van der Waals surface area contributed by atoms with Crippen molar-refractivity contribution in [2.45, 2.75) is 45.6 Å². The van der Waals surface area contributed by atoms with E-state index in [2.05, 4.69) is 13.8 Å². The van der Waals surface area contributed by atoms with Crippen LogP contribution in [0.15, 0.2) is 0 Å². The van der Waals surface area contributed by atoms with E-state index in [1.54, 1.807) is 0 Å². The van der Waals surface area contributed by atoms with E-state index in [-0.39, 0.29) is 11.5 Å². The third-order valence-corrected chi connectivity index (χ3v) is 3.49. The number of nitrogens with two attached hydrogens (primary N) is 1. The molecule has 0 aromatic rings. The average Bonchev–Trinajstić information content (AvgIpc) is 2.55. The smallest absolute Gasteiger partial charge is 0.0715 e. The van der Waals surface area contributed by atoms with Crippen molar-refractivity contribution in [3.05, 3.63) is 0 Å². The zero-order chi connectivity index (χ0) is 9.19. The summed E-state index contributed by atoms with van der Waals surface area (Å²) >= 11 is 0. The van der Waals surface area contributed by atoms with Gasteiger partial charge in [0.25, 0.3) is 0 Å². The van der Waals surface area contributed by atoms with Gasteiger partial charge in [-0.2, -0.15) is 0 Å². The first kappa shape index (κ1) is 10.0. The summed E-state index contributed by atoms with van der Waals surface area (Å²) in [5, 5.41) is 9.72. The number of aliphatic hydroxyl groups excluding tert-OH is 1. The molecule has 2 nitrogen and oxygen atoms in total. The molecule has 0 spiro atoms. The second-order valence-corrected chi connectivity index (χ2v) is 4.55. The Bertz CT molecular complexity index is 139. The van der Waals surface area contributed by atoms with Crippen LogP contribution in [0.5, 0.6) is 0 Å². The summed E-state index contributed by atoms with van der Waals surface area (Å²) in [5.41, 5.74) is 5.49.